The summed E-state index contributed by atoms with van der Waals surface area (Å²) < 4.78 is 5.68. The van der Waals surface area contributed by atoms with Crippen molar-refractivity contribution in [3.05, 3.63) is 48.0 Å². The number of rotatable bonds is 4. The molecule has 19 heavy (non-hydrogen) atoms. The monoisotopic (exact) mass is 256 g/mol. The van der Waals surface area contributed by atoms with Crippen LogP contribution in [0.25, 0.3) is 0 Å². The van der Waals surface area contributed by atoms with Crippen LogP contribution < -0.4 is 15.8 Å². The third kappa shape index (κ3) is 3.41. The Morgan fingerprint density at radius 1 is 1.11 bits per heavy atom. The molecule has 3 nitrogen and oxygen atoms in total. The molecule has 0 saturated heterocycles. The van der Waals surface area contributed by atoms with Crippen LogP contribution in [0.5, 0.6) is 5.75 Å². The molecule has 0 bridgehead atoms. The summed E-state index contributed by atoms with van der Waals surface area (Å²) in [6.45, 7) is 6.03. The zero-order valence-corrected chi connectivity index (χ0v) is 11.6. The van der Waals surface area contributed by atoms with E-state index >= 15 is 0 Å². The van der Waals surface area contributed by atoms with Crippen LogP contribution in [-0.4, -0.2) is 6.10 Å². The van der Waals surface area contributed by atoms with Crippen LogP contribution in [0.3, 0.4) is 0 Å². The van der Waals surface area contributed by atoms with Crippen LogP contribution in [0, 0.1) is 6.92 Å². The lowest BCUT2D eigenvalue weighted by molar-refractivity contribution is 0.244. The van der Waals surface area contributed by atoms with E-state index in [4.69, 9.17) is 10.5 Å². The number of aryl methyl sites for hydroxylation is 1. The molecule has 0 aliphatic rings. The van der Waals surface area contributed by atoms with Gasteiger partial charge in [-0.3, -0.25) is 0 Å². The largest absolute Gasteiger partial charge is 0.489 e. The van der Waals surface area contributed by atoms with Crippen molar-refractivity contribution in [3.63, 3.8) is 0 Å². The number of hydrogen-bond donors (Lipinski definition) is 2. The van der Waals surface area contributed by atoms with Gasteiger partial charge < -0.3 is 15.8 Å². The number of nitrogen functional groups attached to an aromatic ring is 1. The van der Waals surface area contributed by atoms with Gasteiger partial charge in [-0.05, 0) is 50.6 Å². The SMILES string of the molecule is Cc1cccc(Nc2cccc(OC(C)C)c2N)c1. The summed E-state index contributed by atoms with van der Waals surface area (Å²) in [7, 11) is 0. The van der Waals surface area contributed by atoms with Crippen molar-refractivity contribution in [1.29, 1.82) is 0 Å². The Hall–Kier alpha value is -2.16. The molecule has 0 aliphatic carbocycles. The summed E-state index contributed by atoms with van der Waals surface area (Å²) >= 11 is 0. The van der Waals surface area contributed by atoms with E-state index in [0.717, 1.165) is 11.4 Å². The van der Waals surface area contributed by atoms with Gasteiger partial charge in [-0.25, -0.2) is 0 Å². The van der Waals surface area contributed by atoms with E-state index in [1.54, 1.807) is 0 Å². The second-order valence-corrected chi connectivity index (χ2v) is 4.88. The van der Waals surface area contributed by atoms with Crippen molar-refractivity contribution in [1.82, 2.24) is 0 Å². The molecule has 0 saturated carbocycles. The minimum absolute atomic E-state index is 0.108. The van der Waals surface area contributed by atoms with E-state index in [2.05, 4.69) is 24.4 Å². The van der Waals surface area contributed by atoms with E-state index in [1.165, 1.54) is 5.56 Å². The summed E-state index contributed by atoms with van der Waals surface area (Å²) in [6, 6.07) is 13.9. The lowest BCUT2D eigenvalue weighted by Gasteiger charge is -2.16. The Bertz CT molecular complexity index is 564. The smallest absolute Gasteiger partial charge is 0.144 e. The quantitative estimate of drug-likeness (QED) is 0.809. The highest BCUT2D eigenvalue weighted by molar-refractivity contribution is 5.77. The molecular formula is C16H20N2O. The third-order valence-corrected chi connectivity index (χ3v) is 2.73. The molecule has 0 fully saturated rings. The fourth-order valence-electron chi connectivity index (χ4n) is 1.89. The number of ether oxygens (including phenoxy) is 1. The van der Waals surface area contributed by atoms with Gasteiger partial charge in [-0.2, -0.15) is 0 Å². The highest BCUT2D eigenvalue weighted by Gasteiger charge is 2.07. The van der Waals surface area contributed by atoms with Gasteiger partial charge in [0.2, 0.25) is 0 Å². The molecule has 0 amide bonds. The van der Waals surface area contributed by atoms with Crippen LogP contribution in [0.2, 0.25) is 0 Å². The Balaban J connectivity index is 2.25. The van der Waals surface area contributed by atoms with Gasteiger partial charge in [0.1, 0.15) is 5.75 Å². The molecule has 0 spiro atoms. The fourth-order valence-corrected chi connectivity index (χ4v) is 1.89. The molecule has 0 aliphatic heterocycles. The summed E-state index contributed by atoms with van der Waals surface area (Å²) in [5, 5.41) is 3.32. The molecule has 3 N–H and O–H groups in total. The molecule has 100 valence electrons. The Morgan fingerprint density at radius 2 is 1.84 bits per heavy atom. The van der Waals surface area contributed by atoms with Crippen molar-refractivity contribution in [2.24, 2.45) is 0 Å². The lowest BCUT2D eigenvalue weighted by Crippen LogP contribution is -2.08. The van der Waals surface area contributed by atoms with Crippen molar-refractivity contribution < 1.29 is 4.74 Å². The van der Waals surface area contributed by atoms with E-state index in [1.807, 2.05) is 44.2 Å². The van der Waals surface area contributed by atoms with E-state index < -0.39 is 0 Å². The van der Waals surface area contributed by atoms with Crippen LogP contribution >= 0.6 is 0 Å². The van der Waals surface area contributed by atoms with Crippen LogP contribution in [0.4, 0.5) is 17.1 Å². The minimum atomic E-state index is 0.108. The predicted octanol–water partition coefficient (Wildman–Crippen LogP) is 4.11. The molecule has 0 unspecified atom stereocenters. The van der Waals surface area contributed by atoms with Crippen molar-refractivity contribution in [2.45, 2.75) is 26.9 Å². The highest BCUT2D eigenvalue weighted by Crippen LogP contribution is 2.32. The van der Waals surface area contributed by atoms with Gasteiger partial charge in [0.15, 0.2) is 0 Å². The maximum atomic E-state index is 6.13. The van der Waals surface area contributed by atoms with Gasteiger partial charge in [0.25, 0.3) is 0 Å². The number of benzene rings is 2. The number of nitrogens with two attached hydrogens (primary N) is 1. The Labute approximate surface area is 114 Å². The predicted molar refractivity (Wildman–Crippen MR) is 81.1 cm³/mol. The normalized spacial score (nSPS) is 10.5. The molecule has 3 heteroatoms. The third-order valence-electron chi connectivity index (χ3n) is 2.73. The van der Waals surface area contributed by atoms with Crippen LogP contribution in [0.1, 0.15) is 19.4 Å². The molecule has 0 aromatic heterocycles. The molecule has 0 radical (unpaired) electrons. The Kier molecular flexibility index (Phi) is 3.95. The molecule has 2 aromatic carbocycles. The Morgan fingerprint density at radius 3 is 2.53 bits per heavy atom. The molecule has 0 heterocycles. The summed E-state index contributed by atoms with van der Waals surface area (Å²) in [6.07, 6.45) is 0.108. The standard InChI is InChI=1S/C16H20N2O/c1-11(2)19-15-9-5-8-14(16(15)17)18-13-7-4-6-12(3)10-13/h4-11,18H,17H2,1-3H3. The van der Waals surface area contributed by atoms with Gasteiger partial charge in [-0.1, -0.05) is 18.2 Å². The second-order valence-electron chi connectivity index (χ2n) is 4.88. The maximum absolute atomic E-state index is 6.13. The maximum Gasteiger partial charge on any atom is 0.144 e. The zero-order chi connectivity index (χ0) is 13.8. The first-order valence-corrected chi connectivity index (χ1v) is 6.45. The van der Waals surface area contributed by atoms with E-state index in [0.29, 0.717) is 11.4 Å². The highest BCUT2D eigenvalue weighted by atomic mass is 16.5. The van der Waals surface area contributed by atoms with Crippen molar-refractivity contribution in [2.75, 3.05) is 11.1 Å². The first-order valence-electron chi connectivity index (χ1n) is 6.45. The lowest BCUT2D eigenvalue weighted by atomic mass is 10.2. The summed E-state index contributed by atoms with van der Waals surface area (Å²) in [5.41, 5.74) is 9.86. The fraction of sp³-hybridized carbons (Fsp3) is 0.250. The molecule has 2 rings (SSSR count). The van der Waals surface area contributed by atoms with E-state index in [9.17, 15) is 0 Å². The van der Waals surface area contributed by atoms with Crippen LogP contribution in [0.15, 0.2) is 42.5 Å². The number of para-hydroxylation sites is 1. The first kappa shape index (κ1) is 13.3. The van der Waals surface area contributed by atoms with E-state index in [-0.39, 0.29) is 6.10 Å². The molecule has 2 aromatic rings. The summed E-state index contributed by atoms with van der Waals surface area (Å²) in [4.78, 5) is 0. The van der Waals surface area contributed by atoms with Gasteiger partial charge >= 0.3 is 0 Å². The average molecular weight is 256 g/mol. The summed E-state index contributed by atoms with van der Waals surface area (Å²) in [5.74, 6) is 0.715. The van der Waals surface area contributed by atoms with Crippen LogP contribution in [-0.2, 0) is 0 Å². The van der Waals surface area contributed by atoms with Gasteiger partial charge in [0.05, 0.1) is 17.5 Å². The number of anilines is 3. The number of hydrogen-bond acceptors (Lipinski definition) is 3. The average Bonchev–Trinajstić information content (AvgIpc) is 2.34. The first-order chi connectivity index (χ1) is 9.06. The minimum Gasteiger partial charge on any atom is -0.489 e. The number of nitrogens with one attached hydrogen (secondary N) is 1. The molecular weight excluding hydrogens is 236 g/mol. The van der Waals surface area contributed by atoms with Crippen molar-refractivity contribution >= 4 is 17.1 Å². The van der Waals surface area contributed by atoms with Gasteiger partial charge in [-0.15, -0.1) is 0 Å². The van der Waals surface area contributed by atoms with Gasteiger partial charge in [0, 0.05) is 5.69 Å². The van der Waals surface area contributed by atoms with Crippen molar-refractivity contribution in [3.8, 4) is 5.75 Å². The zero-order valence-electron chi connectivity index (χ0n) is 11.6. The molecule has 0 atom stereocenters. The topological polar surface area (TPSA) is 47.3 Å². The second kappa shape index (κ2) is 5.65.